The van der Waals surface area contributed by atoms with Crippen LogP contribution in [0, 0.1) is 0 Å². The van der Waals surface area contributed by atoms with Crippen LogP contribution >= 0.6 is 0 Å². The van der Waals surface area contributed by atoms with Crippen LogP contribution in [0.3, 0.4) is 0 Å². The fraction of sp³-hybridized carbons (Fsp3) is 0.0667. The maximum Gasteiger partial charge on any atom is 0.258 e. The van der Waals surface area contributed by atoms with Gasteiger partial charge >= 0.3 is 0 Å². The summed E-state index contributed by atoms with van der Waals surface area (Å²) in [6, 6.07) is 11.8. The highest BCUT2D eigenvalue weighted by atomic mass is 16.5. The molecular weight excluding hydrogens is 270 g/mol. The predicted octanol–water partition coefficient (Wildman–Crippen LogP) is 2.27. The van der Waals surface area contributed by atoms with Gasteiger partial charge in [-0.3, -0.25) is 0 Å². The van der Waals surface area contributed by atoms with Crippen molar-refractivity contribution >= 4 is 0 Å². The number of nitrogens with two attached hydrogens (primary N) is 1. The first kappa shape index (κ1) is 13.1. The van der Waals surface area contributed by atoms with E-state index in [0.717, 1.165) is 11.1 Å². The molecule has 0 aliphatic carbocycles. The van der Waals surface area contributed by atoms with Crippen LogP contribution in [0.4, 0.5) is 0 Å². The average molecular weight is 283 g/mol. The Hall–Kier alpha value is -2.86. The lowest BCUT2D eigenvalue weighted by Crippen LogP contribution is -1.95. The summed E-state index contributed by atoms with van der Waals surface area (Å²) in [7, 11) is 0. The molecule has 1 heterocycles. The summed E-state index contributed by atoms with van der Waals surface area (Å²) in [6.45, 7) is 0.474. The summed E-state index contributed by atoms with van der Waals surface area (Å²) in [5.41, 5.74) is 7.91. The quantitative estimate of drug-likeness (QED) is 0.637. The molecule has 6 nitrogen and oxygen atoms in total. The molecule has 0 spiro atoms. The number of aromatic nitrogens is 2. The van der Waals surface area contributed by atoms with E-state index in [9.17, 15) is 10.2 Å². The number of hydrogen-bond donors (Lipinski definition) is 3. The molecule has 0 atom stereocenters. The molecule has 0 radical (unpaired) electrons. The van der Waals surface area contributed by atoms with Gasteiger partial charge in [-0.05, 0) is 35.9 Å². The average Bonchev–Trinajstić information content (AvgIpc) is 3.00. The molecule has 1 aromatic heterocycles. The molecule has 21 heavy (non-hydrogen) atoms. The summed E-state index contributed by atoms with van der Waals surface area (Å²) < 4.78 is 5.21. The summed E-state index contributed by atoms with van der Waals surface area (Å²) in [6.07, 6.45) is 0. The minimum absolute atomic E-state index is 0.195. The van der Waals surface area contributed by atoms with Gasteiger partial charge in [-0.15, -0.1) is 0 Å². The van der Waals surface area contributed by atoms with Gasteiger partial charge in [-0.25, -0.2) is 0 Å². The Morgan fingerprint density at radius 3 is 2.33 bits per heavy atom. The first-order valence-corrected chi connectivity index (χ1v) is 6.33. The molecular formula is C15H13N3O3. The number of aromatic hydroxyl groups is 2. The Morgan fingerprint density at radius 1 is 0.952 bits per heavy atom. The van der Waals surface area contributed by atoms with Gasteiger partial charge in [0.2, 0.25) is 5.82 Å². The van der Waals surface area contributed by atoms with Crippen molar-refractivity contribution in [2.45, 2.75) is 6.54 Å². The number of phenols is 2. The zero-order valence-electron chi connectivity index (χ0n) is 11.0. The fourth-order valence-corrected chi connectivity index (χ4v) is 1.90. The molecule has 6 heteroatoms. The van der Waals surface area contributed by atoms with Crippen LogP contribution < -0.4 is 5.73 Å². The fourth-order valence-electron chi connectivity index (χ4n) is 1.90. The SMILES string of the molecule is NCc1ccc(-c2nc(-c3ccc(O)c(O)c3)no2)cc1. The van der Waals surface area contributed by atoms with E-state index in [2.05, 4.69) is 10.1 Å². The number of rotatable bonds is 3. The highest BCUT2D eigenvalue weighted by molar-refractivity contribution is 5.63. The maximum absolute atomic E-state index is 9.49. The molecule has 0 unspecified atom stereocenters. The van der Waals surface area contributed by atoms with Gasteiger partial charge in [0.1, 0.15) is 0 Å². The Labute approximate surface area is 120 Å². The van der Waals surface area contributed by atoms with Gasteiger partial charge in [-0.1, -0.05) is 17.3 Å². The molecule has 3 rings (SSSR count). The number of nitrogens with zero attached hydrogens (tertiary/aromatic N) is 2. The normalized spacial score (nSPS) is 10.7. The summed E-state index contributed by atoms with van der Waals surface area (Å²) in [5, 5.41) is 22.7. The Morgan fingerprint density at radius 2 is 1.67 bits per heavy atom. The minimum atomic E-state index is -0.230. The van der Waals surface area contributed by atoms with Crippen LogP contribution in [0.5, 0.6) is 11.5 Å². The van der Waals surface area contributed by atoms with Crippen molar-refractivity contribution in [2.24, 2.45) is 5.73 Å². The van der Waals surface area contributed by atoms with Crippen LogP contribution in [0.15, 0.2) is 47.0 Å². The van der Waals surface area contributed by atoms with Crippen LogP contribution in [0.2, 0.25) is 0 Å². The molecule has 0 saturated heterocycles. The predicted molar refractivity (Wildman–Crippen MR) is 76.4 cm³/mol. The molecule has 0 amide bonds. The lowest BCUT2D eigenvalue weighted by atomic mass is 10.1. The highest BCUT2D eigenvalue weighted by Gasteiger charge is 2.12. The van der Waals surface area contributed by atoms with Crippen molar-refractivity contribution in [1.82, 2.24) is 10.1 Å². The van der Waals surface area contributed by atoms with E-state index in [0.29, 0.717) is 23.8 Å². The topological polar surface area (TPSA) is 105 Å². The van der Waals surface area contributed by atoms with Gasteiger partial charge in [0.15, 0.2) is 11.5 Å². The first-order valence-electron chi connectivity index (χ1n) is 6.33. The van der Waals surface area contributed by atoms with E-state index in [1.807, 2.05) is 24.3 Å². The molecule has 0 aliphatic heterocycles. The van der Waals surface area contributed by atoms with Crippen molar-refractivity contribution in [2.75, 3.05) is 0 Å². The summed E-state index contributed by atoms with van der Waals surface area (Å²) in [4.78, 5) is 4.28. The van der Waals surface area contributed by atoms with Crippen molar-refractivity contribution in [3.05, 3.63) is 48.0 Å². The number of benzene rings is 2. The number of hydrogen-bond acceptors (Lipinski definition) is 6. The molecule has 0 aliphatic rings. The Balaban J connectivity index is 1.93. The molecule has 0 saturated carbocycles. The largest absolute Gasteiger partial charge is 0.504 e. The Kier molecular flexibility index (Phi) is 3.29. The van der Waals surface area contributed by atoms with Gasteiger partial charge in [-0.2, -0.15) is 4.98 Å². The van der Waals surface area contributed by atoms with E-state index < -0.39 is 0 Å². The highest BCUT2D eigenvalue weighted by Crippen LogP contribution is 2.30. The lowest BCUT2D eigenvalue weighted by molar-refractivity contribution is 0.404. The third-order valence-electron chi connectivity index (χ3n) is 3.10. The van der Waals surface area contributed by atoms with Gasteiger partial charge in [0.25, 0.3) is 5.89 Å². The van der Waals surface area contributed by atoms with Crippen LogP contribution in [-0.4, -0.2) is 20.4 Å². The smallest absolute Gasteiger partial charge is 0.258 e. The van der Waals surface area contributed by atoms with Crippen LogP contribution in [0.1, 0.15) is 5.56 Å². The van der Waals surface area contributed by atoms with Crippen LogP contribution in [-0.2, 0) is 6.54 Å². The third-order valence-corrected chi connectivity index (χ3v) is 3.10. The second-order valence-corrected chi connectivity index (χ2v) is 4.53. The molecule has 4 N–H and O–H groups in total. The van der Waals surface area contributed by atoms with Crippen molar-refractivity contribution in [3.63, 3.8) is 0 Å². The zero-order chi connectivity index (χ0) is 14.8. The van der Waals surface area contributed by atoms with Crippen molar-refractivity contribution in [1.29, 1.82) is 0 Å². The van der Waals surface area contributed by atoms with E-state index in [-0.39, 0.29) is 11.5 Å². The van der Waals surface area contributed by atoms with Crippen molar-refractivity contribution in [3.8, 4) is 34.3 Å². The van der Waals surface area contributed by atoms with Gasteiger partial charge in [0.05, 0.1) is 0 Å². The lowest BCUT2D eigenvalue weighted by Gasteiger charge is -1.98. The molecule has 2 aromatic carbocycles. The maximum atomic E-state index is 9.49. The Bertz CT molecular complexity index is 766. The third kappa shape index (κ3) is 2.56. The van der Waals surface area contributed by atoms with Crippen LogP contribution in [0.25, 0.3) is 22.8 Å². The minimum Gasteiger partial charge on any atom is -0.504 e. The van der Waals surface area contributed by atoms with E-state index in [1.54, 1.807) is 6.07 Å². The van der Waals surface area contributed by atoms with E-state index >= 15 is 0 Å². The van der Waals surface area contributed by atoms with Gasteiger partial charge < -0.3 is 20.5 Å². The zero-order valence-corrected chi connectivity index (χ0v) is 11.0. The monoisotopic (exact) mass is 283 g/mol. The number of phenolic OH excluding ortho intramolecular Hbond substituents is 2. The van der Waals surface area contributed by atoms with E-state index in [4.69, 9.17) is 10.3 Å². The molecule has 0 fully saturated rings. The first-order chi connectivity index (χ1) is 10.2. The van der Waals surface area contributed by atoms with E-state index in [1.165, 1.54) is 12.1 Å². The second kappa shape index (κ2) is 5.26. The second-order valence-electron chi connectivity index (χ2n) is 4.53. The summed E-state index contributed by atoms with van der Waals surface area (Å²) >= 11 is 0. The molecule has 106 valence electrons. The van der Waals surface area contributed by atoms with Gasteiger partial charge in [0, 0.05) is 17.7 Å². The molecule has 0 bridgehead atoms. The standard InChI is InChI=1S/C15H13N3O3/c16-8-9-1-3-10(4-2-9)15-17-14(18-21-15)11-5-6-12(19)13(20)7-11/h1-7,19-20H,8,16H2. The van der Waals surface area contributed by atoms with Crippen molar-refractivity contribution < 1.29 is 14.7 Å². The molecule has 3 aromatic rings. The summed E-state index contributed by atoms with van der Waals surface area (Å²) in [5.74, 6) is 0.287.